The molecule has 1 atom stereocenters. The minimum Gasteiger partial charge on any atom is -0.328 e. The van der Waals surface area contributed by atoms with Crippen LogP contribution >= 0.6 is 11.3 Å². The molecule has 0 saturated carbocycles. The summed E-state index contributed by atoms with van der Waals surface area (Å²) < 4.78 is 0. The minimum absolute atomic E-state index is 0.232. The Bertz CT molecular complexity index is 411. The lowest BCUT2D eigenvalue weighted by Crippen LogP contribution is -2.39. The molecule has 1 aliphatic heterocycles. The predicted octanol–water partition coefficient (Wildman–Crippen LogP) is 2.22. The van der Waals surface area contributed by atoms with Gasteiger partial charge in [0.1, 0.15) is 0 Å². The zero-order chi connectivity index (χ0) is 13.1. The summed E-state index contributed by atoms with van der Waals surface area (Å²) in [5.74, 6) is 0.624. The quantitative estimate of drug-likeness (QED) is 0.672. The van der Waals surface area contributed by atoms with Gasteiger partial charge in [-0.2, -0.15) is 0 Å². The average molecular weight is 269 g/mol. The maximum atomic E-state index is 10.6. The largest absolute Gasteiger partial charge is 0.328 e. The van der Waals surface area contributed by atoms with Gasteiger partial charge in [-0.3, -0.25) is 15.0 Å². The van der Waals surface area contributed by atoms with Gasteiger partial charge < -0.3 is 5.73 Å². The van der Waals surface area contributed by atoms with Crippen molar-refractivity contribution >= 4 is 16.3 Å². The molecule has 1 fully saturated rings. The minimum atomic E-state index is -0.323. The van der Waals surface area contributed by atoms with Crippen LogP contribution in [0.3, 0.4) is 0 Å². The Morgan fingerprint density at radius 2 is 2.22 bits per heavy atom. The molecule has 6 heteroatoms. The number of nitro groups is 1. The van der Waals surface area contributed by atoms with Crippen molar-refractivity contribution in [3.63, 3.8) is 0 Å². The van der Waals surface area contributed by atoms with E-state index in [9.17, 15) is 10.1 Å². The van der Waals surface area contributed by atoms with Crippen LogP contribution in [0.1, 0.15) is 24.6 Å². The second-order valence-electron chi connectivity index (χ2n) is 4.97. The molecule has 0 spiro atoms. The number of hydrogen-bond donors (Lipinski definition) is 1. The van der Waals surface area contributed by atoms with Crippen molar-refractivity contribution in [2.75, 3.05) is 13.1 Å². The molecule has 0 radical (unpaired) electrons. The summed E-state index contributed by atoms with van der Waals surface area (Å²) in [6.07, 6.45) is 2.26. The van der Waals surface area contributed by atoms with E-state index in [-0.39, 0.29) is 16.0 Å². The molecular formula is C12H19N3O2S. The van der Waals surface area contributed by atoms with E-state index in [2.05, 4.69) is 11.8 Å². The maximum absolute atomic E-state index is 10.6. The molecule has 18 heavy (non-hydrogen) atoms. The molecule has 0 bridgehead atoms. The van der Waals surface area contributed by atoms with Crippen molar-refractivity contribution in [3.8, 4) is 0 Å². The number of thiophene rings is 1. The van der Waals surface area contributed by atoms with E-state index in [0.29, 0.717) is 5.92 Å². The van der Waals surface area contributed by atoms with Gasteiger partial charge in [-0.15, -0.1) is 0 Å². The lowest BCUT2D eigenvalue weighted by atomic mass is 9.91. The van der Waals surface area contributed by atoms with Crippen LogP contribution in [0, 0.1) is 16.0 Å². The highest BCUT2D eigenvalue weighted by atomic mass is 32.1. The van der Waals surface area contributed by atoms with Crippen LogP contribution in [0.25, 0.3) is 0 Å². The Balaban J connectivity index is 1.85. The average Bonchev–Trinajstić information content (AvgIpc) is 2.78. The Kier molecular flexibility index (Phi) is 4.31. The fraction of sp³-hybridized carbons (Fsp3) is 0.667. The van der Waals surface area contributed by atoms with Gasteiger partial charge >= 0.3 is 5.00 Å². The highest BCUT2D eigenvalue weighted by Crippen LogP contribution is 2.27. The topological polar surface area (TPSA) is 72.4 Å². The van der Waals surface area contributed by atoms with Gasteiger partial charge in [-0.1, -0.05) is 11.3 Å². The maximum Gasteiger partial charge on any atom is 0.324 e. The van der Waals surface area contributed by atoms with E-state index in [0.717, 1.165) is 37.4 Å². The van der Waals surface area contributed by atoms with Gasteiger partial charge in [0, 0.05) is 23.5 Å². The van der Waals surface area contributed by atoms with E-state index in [1.165, 1.54) is 11.3 Å². The third-order valence-corrected chi connectivity index (χ3v) is 4.60. The van der Waals surface area contributed by atoms with Crippen LogP contribution in [-0.4, -0.2) is 29.0 Å². The Hall–Kier alpha value is -0.980. The molecular weight excluding hydrogens is 250 g/mol. The highest BCUT2D eigenvalue weighted by molar-refractivity contribution is 7.15. The van der Waals surface area contributed by atoms with Crippen LogP contribution in [0.5, 0.6) is 0 Å². The van der Waals surface area contributed by atoms with Crippen LogP contribution in [0.2, 0.25) is 0 Å². The summed E-state index contributed by atoms with van der Waals surface area (Å²) in [6, 6.07) is 3.73. The molecule has 0 amide bonds. The molecule has 2 heterocycles. The molecule has 5 nitrogen and oxygen atoms in total. The molecule has 1 aromatic heterocycles. The second kappa shape index (κ2) is 5.77. The fourth-order valence-corrected chi connectivity index (χ4v) is 3.27. The second-order valence-corrected chi connectivity index (χ2v) is 6.12. The van der Waals surface area contributed by atoms with Gasteiger partial charge in [0.15, 0.2) is 0 Å². The van der Waals surface area contributed by atoms with Crippen LogP contribution in [0.4, 0.5) is 5.00 Å². The summed E-state index contributed by atoms with van der Waals surface area (Å²) in [5.41, 5.74) is 5.91. The number of hydrogen-bond acceptors (Lipinski definition) is 5. The van der Waals surface area contributed by atoms with Gasteiger partial charge in [0.25, 0.3) is 0 Å². The molecule has 1 aliphatic rings. The number of rotatable bonds is 4. The monoisotopic (exact) mass is 269 g/mol. The van der Waals surface area contributed by atoms with Crippen molar-refractivity contribution in [2.24, 2.45) is 11.7 Å². The summed E-state index contributed by atoms with van der Waals surface area (Å²) in [7, 11) is 0. The third kappa shape index (κ3) is 3.28. The first-order valence-corrected chi connectivity index (χ1v) is 7.09. The molecule has 1 unspecified atom stereocenters. The molecule has 1 aromatic rings. The van der Waals surface area contributed by atoms with Crippen molar-refractivity contribution in [1.29, 1.82) is 0 Å². The standard InChI is InChI=1S/C12H19N3O2S/c1-9(13)10-4-6-14(7-5-10)8-11-2-3-12(18-11)15(16)17/h2-3,9-10H,4-8,13H2,1H3. The van der Waals surface area contributed by atoms with E-state index in [4.69, 9.17) is 5.73 Å². The first-order chi connectivity index (χ1) is 8.56. The lowest BCUT2D eigenvalue weighted by Gasteiger charge is -2.33. The van der Waals surface area contributed by atoms with E-state index >= 15 is 0 Å². The van der Waals surface area contributed by atoms with Crippen molar-refractivity contribution in [1.82, 2.24) is 4.90 Å². The molecule has 100 valence electrons. The van der Waals surface area contributed by atoms with Crippen LogP contribution in [-0.2, 0) is 6.54 Å². The molecule has 1 saturated heterocycles. The Morgan fingerprint density at radius 3 is 2.72 bits per heavy atom. The third-order valence-electron chi connectivity index (χ3n) is 3.58. The number of nitrogens with two attached hydrogens (primary N) is 1. The SMILES string of the molecule is CC(N)C1CCN(Cc2ccc([N+](=O)[O-])s2)CC1. The Labute approximate surface area is 111 Å². The van der Waals surface area contributed by atoms with Crippen LogP contribution in [0.15, 0.2) is 12.1 Å². The van der Waals surface area contributed by atoms with Gasteiger partial charge in [-0.05, 0) is 44.8 Å². The van der Waals surface area contributed by atoms with Crippen LogP contribution < -0.4 is 5.73 Å². The highest BCUT2D eigenvalue weighted by Gasteiger charge is 2.22. The zero-order valence-corrected chi connectivity index (χ0v) is 11.4. The first kappa shape index (κ1) is 13.5. The van der Waals surface area contributed by atoms with Crippen molar-refractivity contribution in [2.45, 2.75) is 32.4 Å². The summed E-state index contributed by atoms with van der Waals surface area (Å²) in [6.45, 7) is 4.98. The Morgan fingerprint density at radius 1 is 1.56 bits per heavy atom. The van der Waals surface area contributed by atoms with Gasteiger partial charge in [0.05, 0.1) is 4.92 Å². The number of likely N-dealkylation sites (tertiary alicyclic amines) is 1. The predicted molar refractivity (Wildman–Crippen MR) is 72.6 cm³/mol. The molecule has 0 aromatic carbocycles. The van der Waals surface area contributed by atoms with E-state index < -0.39 is 0 Å². The smallest absolute Gasteiger partial charge is 0.324 e. The van der Waals surface area contributed by atoms with E-state index in [1.54, 1.807) is 6.07 Å². The number of nitrogens with zero attached hydrogens (tertiary/aromatic N) is 2. The molecule has 2 N–H and O–H groups in total. The van der Waals surface area contributed by atoms with Crippen molar-refractivity contribution < 1.29 is 4.92 Å². The zero-order valence-electron chi connectivity index (χ0n) is 10.5. The lowest BCUT2D eigenvalue weighted by molar-refractivity contribution is -0.380. The summed E-state index contributed by atoms with van der Waals surface area (Å²) in [5, 5.41) is 10.8. The van der Waals surface area contributed by atoms with Gasteiger partial charge in [-0.25, -0.2) is 0 Å². The number of piperidine rings is 1. The first-order valence-electron chi connectivity index (χ1n) is 6.27. The normalized spacial score (nSPS) is 19.9. The van der Waals surface area contributed by atoms with Crippen molar-refractivity contribution in [3.05, 3.63) is 27.1 Å². The molecule has 2 rings (SSSR count). The molecule has 0 aliphatic carbocycles. The fourth-order valence-electron chi connectivity index (χ4n) is 2.41. The van der Waals surface area contributed by atoms with Gasteiger partial charge in [0.2, 0.25) is 0 Å². The summed E-state index contributed by atoms with van der Waals surface area (Å²) in [4.78, 5) is 13.7. The van der Waals surface area contributed by atoms with E-state index in [1.807, 2.05) is 6.07 Å². The summed E-state index contributed by atoms with van der Waals surface area (Å²) >= 11 is 1.28.